The average molecular weight is 290 g/mol. The van der Waals surface area contributed by atoms with E-state index in [9.17, 15) is 13.8 Å². The highest BCUT2D eigenvalue weighted by Crippen LogP contribution is 2.22. The van der Waals surface area contributed by atoms with Gasteiger partial charge >= 0.3 is 12.0 Å². The fraction of sp³-hybridized carbons (Fsp3) is 0.833. The van der Waals surface area contributed by atoms with Gasteiger partial charge in [-0.15, -0.1) is 0 Å². The Morgan fingerprint density at radius 1 is 1.47 bits per heavy atom. The maximum Gasteiger partial charge on any atom is 0.317 e. The number of urea groups is 1. The van der Waals surface area contributed by atoms with Crippen molar-refractivity contribution in [3.05, 3.63) is 0 Å². The van der Waals surface area contributed by atoms with Gasteiger partial charge in [-0.2, -0.15) is 0 Å². The van der Waals surface area contributed by atoms with Crippen molar-refractivity contribution < 1.29 is 18.9 Å². The largest absolute Gasteiger partial charge is 0.481 e. The van der Waals surface area contributed by atoms with Crippen LogP contribution < -0.4 is 5.32 Å². The summed E-state index contributed by atoms with van der Waals surface area (Å²) in [5, 5.41) is 11.7. The van der Waals surface area contributed by atoms with Gasteiger partial charge in [0.05, 0.1) is 5.92 Å². The Labute approximate surface area is 116 Å². The van der Waals surface area contributed by atoms with Crippen LogP contribution in [0, 0.1) is 5.92 Å². The predicted molar refractivity (Wildman–Crippen MR) is 73.5 cm³/mol. The second-order valence-corrected chi connectivity index (χ2v) is 6.52. The third-order valence-corrected chi connectivity index (χ3v) is 4.23. The summed E-state index contributed by atoms with van der Waals surface area (Å²) in [4.78, 5) is 24.5. The summed E-state index contributed by atoms with van der Waals surface area (Å²) in [5.41, 5.74) is 0. The molecular weight excluding hydrogens is 268 g/mol. The lowest BCUT2D eigenvalue weighted by Crippen LogP contribution is -2.50. The van der Waals surface area contributed by atoms with E-state index in [1.807, 2.05) is 6.92 Å². The zero-order valence-corrected chi connectivity index (χ0v) is 12.2. The summed E-state index contributed by atoms with van der Waals surface area (Å²) >= 11 is 0. The molecule has 1 rings (SSSR count). The Kier molecular flexibility index (Phi) is 6.27. The number of carboxylic acids is 1. The molecule has 1 aliphatic heterocycles. The van der Waals surface area contributed by atoms with E-state index in [2.05, 4.69) is 5.32 Å². The number of carboxylic acid groups (broad SMARTS) is 1. The Bertz CT molecular complexity index is 362. The molecule has 0 aromatic rings. The number of rotatable bonds is 5. The van der Waals surface area contributed by atoms with Gasteiger partial charge in [0.2, 0.25) is 0 Å². The number of nitrogens with zero attached hydrogens (tertiary/aromatic N) is 1. The van der Waals surface area contributed by atoms with Crippen LogP contribution in [-0.2, 0) is 15.6 Å². The van der Waals surface area contributed by atoms with Gasteiger partial charge in [-0.3, -0.25) is 9.00 Å². The molecule has 0 saturated carbocycles. The Hall–Kier alpha value is -1.11. The van der Waals surface area contributed by atoms with Crippen molar-refractivity contribution >= 4 is 22.8 Å². The van der Waals surface area contributed by atoms with Crippen LogP contribution in [0.2, 0.25) is 0 Å². The molecule has 1 saturated heterocycles. The molecule has 0 radical (unpaired) electrons. The monoisotopic (exact) mass is 290 g/mol. The van der Waals surface area contributed by atoms with E-state index in [0.29, 0.717) is 38.1 Å². The first-order chi connectivity index (χ1) is 8.91. The number of carbonyl (C=O) groups excluding carboxylic acids is 1. The number of nitrogens with one attached hydrogen (secondary N) is 1. The molecule has 0 bridgehead atoms. The highest BCUT2D eigenvalue weighted by molar-refractivity contribution is 7.84. The van der Waals surface area contributed by atoms with Crippen molar-refractivity contribution in [2.75, 3.05) is 25.1 Å². The third-order valence-electron chi connectivity index (χ3n) is 3.37. The Morgan fingerprint density at radius 2 is 2.16 bits per heavy atom. The zero-order valence-electron chi connectivity index (χ0n) is 11.4. The first kappa shape index (κ1) is 15.9. The molecule has 2 N–H and O–H groups in total. The highest BCUT2D eigenvalue weighted by Gasteiger charge is 2.31. The zero-order chi connectivity index (χ0) is 14.4. The molecule has 1 heterocycles. The van der Waals surface area contributed by atoms with Gasteiger partial charge in [0.25, 0.3) is 0 Å². The van der Waals surface area contributed by atoms with Crippen LogP contribution in [0.5, 0.6) is 0 Å². The maximum absolute atomic E-state index is 11.9. The van der Waals surface area contributed by atoms with Gasteiger partial charge in [0.15, 0.2) is 0 Å². The smallest absolute Gasteiger partial charge is 0.317 e. The second-order valence-electron chi connectivity index (χ2n) is 4.96. The summed E-state index contributed by atoms with van der Waals surface area (Å²) in [6.45, 7) is 2.85. The van der Waals surface area contributed by atoms with Gasteiger partial charge in [0, 0.05) is 41.9 Å². The van der Waals surface area contributed by atoms with Gasteiger partial charge < -0.3 is 15.3 Å². The molecule has 0 spiro atoms. The molecule has 3 atom stereocenters. The molecule has 19 heavy (non-hydrogen) atoms. The minimum Gasteiger partial charge on any atom is -0.481 e. The molecule has 0 aromatic carbocycles. The first-order valence-corrected chi connectivity index (χ1v) is 8.21. The number of likely N-dealkylation sites (tertiary alicyclic amines) is 1. The van der Waals surface area contributed by atoms with E-state index in [1.54, 1.807) is 11.2 Å². The molecular formula is C12H22N2O4S. The molecule has 2 amide bonds. The Balaban J connectivity index is 2.33. The molecule has 1 fully saturated rings. The average Bonchev–Trinajstić information content (AvgIpc) is 2.33. The Morgan fingerprint density at radius 3 is 2.68 bits per heavy atom. The van der Waals surface area contributed by atoms with Crippen LogP contribution in [0.3, 0.4) is 0 Å². The standard InChI is InChI=1S/C12H22N2O4S/c1-9-8-10(11(15)16)4-6-14(9)12(17)13-5-3-7-19(2)18/h9-10H,3-8H2,1-2H3,(H,13,17)(H,15,16). The van der Waals surface area contributed by atoms with Gasteiger partial charge in [0.1, 0.15) is 0 Å². The van der Waals surface area contributed by atoms with Crippen molar-refractivity contribution in [2.24, 2.45) is 5.92 Å². The second kappa shape index (κ2) is 7.47. The van der Waals surface area contributed by atoms with E-state index in [4.69, 9.17) is 5.11 Å². The first-order valence-electron chi connectivity index (χ1n) is 6.49. The molecule has 1 aliphatic rings. The van der Waals surface area contributed by atoms with Crippen LogP contribution in [-0.4, -0.2) is 57.4 Å². The predicted octanol–water partition coefficient (Wildman–Crippen LogP) is 0.650. The van der Waals surface area contributed by atoms with Crippen molar-refractivity contribution in [1.82, 2.24) is 10.2 Å². The number of piperidine rings is 1. The minimum atomic E-state index is -0.832. The van der Waals surface area contributed by atoms with Crippen LogP contribution in [0.4, 0.5) is 4.79 Å². The minimum absolute atomic E-state index is 0.0600. The summed E-state index contributed by atoms with van der Waals surface area (Å²) < 4.78 is 10.9. The van der Waals surface area contributed by atoms with Crippen LogP contribution in [0.1, 0.15) is 26.2 Å². The SMILES string of the molecule is CC1CC(C(=O)O)CCN1C(=O)NCCCS(C)=O. The van der Waals surface area contributed by atoms with Gasteiger partial charge in [-0.25, -0.2) is 4.79 Å². The summed E-state index contributed by atoms with van der Waals surface area (Å²) in [5.74, 6) is -0.546. The third kappa shape index (κ3) is 5.18. The van der Waals surface area contributed by atoms with Crippen molar-refractivity contribution in [1.29, 1.82) is 0 Å². The topological polar surface area (TPSA) is 86.7 Å². The number of hydrogen-bond donors (Lipinski definition) is 2. The molecule has 0 aromatic heterocycles. The van der Waals surface area contributed by atoms with Crippen molar-refractivity contribution in [3.8, 4) is 0 Å². The van der Waals surface area contributed by atoms with Crippen LogP contribution in [0.15, 0.2) is 0 Å². The quantitative estimate of drug-likeness (QED) is 0.728. The highest BCUT2D eigenvalue weighted by atomic mass is 32.2. The molecule has 0 aliphatic carbocycles. The summed E-state index contributed by atoms with van der Waals surface area (Å²) in [6, 6.07) is -0.214. The number of hydrogen-bond acceptors (Lipinski definition) is 3. The van der Waals surface area contributed by atoms with E-state index in [1.165, 1.54) is 0 Å². The lowest BCUT2D eigenvalue weighted by atomic mass is 9.92. The van der Waals surface area contributed by atoms with E-state index in [-0.39, 0.29) is 18.0 Å². The molecule has 7 heteroatoms. The van der Waals surface area contributed by atoms with Crippen molar-refractivity contribution in [3.63, 3.8) is 0 Å². The summed E-state index contributed by atoms with van der Waals surface area (Å²) in [6.07, 6.45) is 3.34. The fourth-order valence-corrected chi connectivity index (χ4v) is 2.82. The van der Waals surface area contributed by atoms with E-state index in [0.717, 1.165) is 0 Å². The van der Waals surface area contributed by atoms with Crippen molar-refractivity contribution in [2.45, 2.75) is 32.2 Å². The van der Waals surface area contributed by atoms with Gasteiger partial charge in [-0.05, 0) is 26.2 Å². The van der Waals surface area contributed by atoms with E-state index < -0.39 is 16.8 Å². The lowest BCUT2D eigenvalue weighted by molar-refractivity contribution is -0.143. The number of aliphatic carboxylic acids is 1. The van der Waals surface area contributed by atoms with Gasteiger partial charge in [-0.1, -0.05) is 0 Å². The molecule has 6 nitrogen and oxygen atoms in total. The number of amides is 2. The molecule has 3 unspecified atom stereocenters. The lowest BCUT2D eigenvalue weighted by Gasteiger charge is -2.36. The molecule has 110 valence electrons. The number of carbonyl (C=O) groups is 2. The van der Waals surface area contributed by atoms with Crippen LogP contribution in [0.25, 0.3) is 0 Å². The fourth-order valence-electron chi connectivity index (χ4n) is 2.27. The maximum atomic E-state index is 11.9. The van der Waals surface area contributed by atoms with E-state index >= 15 is 0 Å². The van der Waals surface area contributed by atoms with Crippen LogP contribution >= 0.6 is 0 Å². The normalized spacial score (nSPS) is 24.8. The summed E-state index contributed by atoms with van der Waals surface area (Å²) in [7, 11) is -0.832.